The molecule has 0 saturated heterocycles. The SMILES string of the molecule is CC(C)CCC1CC=CC1. The van der Waals surface area contributed by atoms with Crippen LogP contribution in [0.1, 0.15) is 39.5 Å². The van der Waals surface area contributed by atoms with Crippen LogP contribution in [0.5, 0.6) is 0 Å². The lowest BCUT2D eigenvalue weighted by atomic mass is 9.96. The van der Waals surface area contributed by atoms with Crippen molar-refractivity contribution in [1.82, 2.24) is 0 Å². The van der Waals surface area contributed by atoms with Gasteiger partial charge in [0.05, 0.1) is 0 Å². The number of rotatable bonds is 3. The van der Waals surface area contributed by atoms with Crippen molar-refractivity contribution in [2.45, 2.75) is 39.5 Å². The molecule has 0 heteroatoms. The summed E-state index contributed by atoms with van der Waals surface area (Å²) in [5.41, 5.74) is 0. The first-order valence-corrected chi connectivity index (χ1v) is 4.44. The lowest BCUT2D eigenvalue weighted by Gasteiger charge is -2.09. The second-order valence-electron chi connectivity index (χ2n) is 3.78. The Morgan fingerprint density at radius 3 is 2.40 bits per heavy atom. The average molecular weight is 138 g/mol. The molecule has 0 N–H and O–H groups in total. The van der Waals surface area contributed by atoms with E-state index in [1.54, 1.807) is 0 Å². The fourth-order valence-electron chi connectivity index (χ4n) is 1.48. The van der Waals surface area contributed by atoms with E-state index in [1.807, 2.05) is 0 Å². The molecule has 0 atom stereocenters. The number of allylic oxidation sites excluding steroid dienone is 2. The molecule has 1 aliphatic rings. The molecule has 1 aliphatic carbocycles. The Morgan fingerprint density at radius 2 is 1.90 bits per heavy atom. The van der Waals surface area contributed by atoms with E-state index in [0.29, 0.717) is 0 Å². The summed E-state index contributed by atoms with van der Waals surface area (Å²) in [7, 11) is 0. The van der Waals surface area contributed by atoms with Crippen LogP contribution < -0.4 is 0 Å². The normalized spacial score (nSPS) is 19.1. The van der Waals surface area contributed by atoms with Gasteiger partial charge in [-0.2, -0.15) is 0 Å². The van der Waals surface area contributed by atoms with Crippen molar-refractivity contribution in [2.24, 2.45) is 11.8 Å². The van der Waals surface area contributed by atoms with Crippen LogP contribution in [-0.4, -0.2) is 0 Å². The second-order valence-corrected chi connectivity index (χ2v) is 3.78. The Labute approximate surface area is 64.3 Å². The largest absolute Gasteiger partial charge is 0.0882 e. The zero-order chi connectivity index (χ0) is 7.40. The standard InChI is InChI=1S/C10H18/c1-9(2)7-8-10-5-3-4-6-10/h3-4,9-10H,5-8H2,1-2H3. The molecule has 0 unspecified atom stereocenters. The molecule has 0 aromatic rings. The fourth-order valence-corrected chi connectivity index (χ4v) is 1.48. The first-order chi connectivity index (χ1) is 4.79. The van der Waals surface area contributed by atoms with Gasteiger partial charge in [0, 0.05) is 0 Å². The van der Waals surface area contributed by atoms with Gasteiger partial charge in [-0.05, 0) is 31.1 Å². The van der Waals surface area contributed by atoms with Crippen LogP contribution >= 0.6 is 0 Å². The second kappa shape index (κ2) is 3.80. The summed E-state index contributed by atoms with van der Waals surface area (Å²) in [4.78, 5) is 0. The molecule has 0 radical (unpaired) electrons. The van der Waals surface area contributed by atoms with Crippen molar-refractivity contribution in [3.8, 4) is 0 Å². The van der Waals surface area contributed by atoms with Gasteiger partial charge >= 0.3 is 0 Å². The highest BCUT2D eigenvalue weighted by Gasteiger charge is 2.09. The van der Waals surface area contributed by atoms with E-state index in [0.717, 1.165) is 11.8 Å². The maximum absolute atomic E-state index is 2.32. The van der Waals surface area contributed by atoms with Crippen molar-refractivity contribution in [3.05, 3.63) is 12.2 Å². The third kappa shape index (κ3) is 2.55. The molecule has 0 saturated carbocycles. The maximum atomic E-state index is 2.32. The Hall–Kier alpha value is -0.260. The van der Waals surface area contributed by atoms with Gasteiger partial charge in [0.15, 0.2) is 0 Å². The van der Waals surface area contributed by atoms with Gasteiger partial charge in [-0.25, -0.2) is 0 Å². The summed E-state index contributed by atoms with van der Waals surface area (Å²) >= 11 is 0. The van der Waals surface area contributed by atoms with Gasteiger partial charge in [-0.15, -0.1) is 0 Å². The predicted molar refractivity (Wildman–Crippen MR) is 45.9 cm³/mol. The highest BCUT2D eigenvalue weighted by molar-refractivity contribution is 4.93. The van der Waals surface area contributed by atoms with E-state index in [1.165, 1.54) is 25.7 Å². The van der Waals surface area contributed by atoms with E-state index in [9.17, 15) is 0 Å². The summed E-state index contributed by atoms with van der Waals surface area (Å²) in [6, 6.07) is 0. The van der Waals surface area contributed by atoms with E-state index >= 15 is 0 Å². The third-order valence-corrected chi connectivity index (χ3v) is 2.26. The molecule has 0 aromatic carbocycles. The Balaban J connectivity index is 2.03. The first-order valence-electron chi connectivity index (χ1n) is 4.44. The molecule has 1 rings (SSSR count). The highest BCUT2D eigenvalue weighted by atomic mass is 14.1. The average Bonchev–Trinajstić information content (AvgIpc) is 2.34. The lowest BCUT2D eigenvalue weighted by Crippen LogP contribution is -1.96. The van der Waals surface area contributed by atoms with Crippen LogP contribution in [0.3, 0.4) is 0 Å². The first kappa shape index (κ1) is 7.84. The molecule has 10 heavy (non-hydrogen) atoms. The minimum atomic E-state index is 0.889. The number of hydrogen-bond donors (Lipinski definition) is 0. The summed E-state index contributed by atoms with van der Waals surface area (Å²) in [6.45, 7) is 4.62. The van der Waals surface area contributed by atoms with Crippen molar-refractivity contribution in [2.75, 3.05) is 0 Å². The van der Waals surface area contributed by atoms with E-state index < -0.39 is 0 Å². The topological polar surface area (TPSA) is 0 Å². The van der Waals surface area contributed by atoms with Gasteiger partial charge in [-0.1, -0.05) is 32.4 Å². The summed E-state index contributed by atoms with van der Waals surface area (Å²) in [5.74, 6) is 1.88. The molecule has 0 bridgehead atoms. The van der Waals surface area contributed by atoms with Crippen molar-refractivity contribution in [1.29, 1.82) is 0 Å². The van der Waals surface area contributed by atoms with Crippen LogP contribution in [-0.2, 0) is 0 Å². The van der Waals surface area contributed by atoms with Crippen LogP contribution in [0, 0.1) is 11.8 Å². The molecule has 0 amide bonds. The van der Waals surface area contributed by atoms with E-state index in [2.05, 4.69) is 26.0 Å². The zero-order valence-corrected chi connectivity index (χ0v) is 7.14. The monoisotopic (exact) mass is 138 g/mol. The fraction of sp³-hybridized carbons (Fsp3) is 0.800. The zero-order valence-electron chi connectivity index (χ0n) is 7.14. The molecule has 58 valence electrons. The molecule has 0 heterocycles. The maximum Gasteiger partial charge on any atom is -0.0319 e. The molecule has 0 nitrogen and oxygen atoms in total. The molecular formula is C10H18. The van der Waals surface area contributed by atoms with Crippen molar-refractivity contribution < 1.29 is 0 Å². The van der Waals surface area contributed by atoms with Gasteiger partial charge in [0.2, 0.25) is 0 Å². The van der Waals surface area contributed by atoms with Crippen LogP contribution in [0.25, 0.3) is 0 Å². The molecular weight excluding hydrogens is 120 g/mol. The molecule has 0 fully saturated rings. The highest BCUT2D eigenvalue weighted by Crippen LogP contribution is 2.24. The number of hydrogen-bond acceptors (Lipinski definition) is 0. The van der Waals surface area contributed by atoms with Crippen LogP contribution in [0.4, 0.5) is 0 Å². The summed E-state index contributed by atoms with van der Waals surface area (Å²) in [5, 5.41) is 0. The van der Waals surface area contributed by atoms with Crippen molar-refractivity contribution in [3.63, 3.8) is 0 Å². The Bertz CT molecular complexity index is 103. The molecule has 0 aromatic heterocycles. The van der Waals surface area contributed by atoms with Crippen LogP contribution in [0.15, 0.2) is 12.2 Å². The summed E-state index contributed by atoms with van der Waals surface area (Å²) in [6.07, 6.45) is 10.2. The van der Waals surface area contributed by atoms with Crippen molar-refractivity contribution >= 4 is 0 Å². The van der Waals surface area contributed by atoms with Crippen LogP contribution in [0.2, 0.25) is 0 Å². The molecule has 0 spiro atoms. The Morgan fingerprint density at radius 1 is 1.30 bits per heavy atom. The van der Waals surface area contributed by atoms with E-state index in [4.69, 9.17) is 0 Å². The quantitative estimate of drug-likeness (QED) is 0.524. The Kier molecular flexibility index (Phi) is 2.98. The van der Waals surface area contributed by atoms with Gasteiger partial charge in [0.25, 0.3) is 0 Å². The minimum absolute atomic E-state index is 0.889. The molecule has 0 aliphatic heterocycles. The van der Waals surface area contributed by atoms with Gasteiger partial charge < -0.3 is 0 Å². The predicted octanol–water partition coefficient (Wildman–Crippen LogP) is 3.39. The van der Waals surface area contributed by atoms with Gasteiger partial charge in [0.1, 0.15) is 0 Å². The third-order valence-electron chi connectivity index (χ3n) is 2.26. The smallest absolute Gasteiger partial charge is 0.0319 e. The lowest BCUT2D eigenvalue weighted by molar-refractivity contribution is 0.442. The van der Waals surface area contributed by atoms with Gasteiger partial charge in [-0.3, -0.25) is 0 Å². The van der Waals surface area contributed by atoms with E-state index in [-0.39, 0.29) is 0 Å². The minimum Gasteiger partial charge on any atom is -0.0882 e. The summed E-state index contributed by atoms with van der Waals surface area (Å²) < 4.78 is 0.